The maximum absolute atomic E-state index is 12.4. The first-order chi connectivity index (χ1) is 9.11. The summed E-state index contributed by atoms with van der Waals surface area (Å²) < 4.78 is 1.12. The fourth-order valence-electron chi connectivity index (χ4n) is 1.76. The lowest BCUT2D eigenvalue weighted by molar-refractivity contribution is 0.0753. The van der Waals surface area contributed by atoms with Crippen molar-refractivity contribution >= 4 is 51.4 Å². The molecule has 0 unspecified atom stereocenters. The Morgan fingerprint density at radius 3 is 2.74 bits per heavy atom. The second-order valence-electron chi connectivity index (χ2n) is 4.05. The molecule has 0 saturated carbocycles. The average molecular weight is 406 g/mol. The summed E-state index contributed by atoms with van der Waals surface area (Å²) in [7, 11) is 0. The van der Waals surface area contributed by atoms with E-state index in [0.717, 1.165) is 14.0 Å². The van der Waals surface area contributed by atoms with E-state index in [4.69, 9.17) is 11.6 Å². The molecule has 1 heterocycles. The van der Waals surface area contributed by atoms with Gasteiger partial charge < -0.3 is 4.90 Å². The van der Waals surface area contributed by atoms with Gasteiger partial charge in [-0.05, 0) is 47.2 Å². The van der Waals surface area contributed by atoms with Crippen LogP contribution in [-0.4, -0.2) is 17.4 Å². The summed E-state index contributed by atoms with van der Waals surface area (Å²) in [6.07, 6.45) is 0. The van der Waals surface area contributed by atoms with Gasteiger partial charge in [0.2, 0.25) is 0 Å². The van der Waals surface area contributed by atoms with Crippen molar-refractivity contribution in [2.45, 2.75) is 13.5 Å². The van der Waals surface area contributed by atoms with E-state index >= 15 is 0 Å². The zero-order valence-electron chi connectivity index (χ0n) is 10.4. The van der Waals surface area contributed by atoms with E-state index < -0.39 is 0 Å². The lowest BCUT2D eigenvalue weighted by Gasteiger charge is -2.21. The summed E-state index contributed by atoms with van der Waals surface area (Å²) in [6, 6.07) is 9.55. The Balaban J connectivity index is 2.17. The van der Waals surface area contributed by atoms with Crippen LogP contribution in [0.15, 0.2) is 35.7 Å². The average Bonchev–Trinajstić information content (AvgIpc) is 2.84. The molecule has 19 heavy (non-hydrogen) atoms. The van der Waals surface area contributed by atoms with Crippen molar-refractivity contribution in [3.63, 3.8) is 0 Å². The van der Waals surface area contributed by atoms with Gasteiger partial charge in [0.1, 0.15) is 0 Å². The highest BCUT2D eigenvalue weighted by Gasteiger charge is 2.16. The SMILES string of the molecule is CCN(Cc1ccccc1Cl)C(=O)c1csc(I)c1. The topological polar surface area (TPSA) is 20.3 Å². The van der Waals surface area contributed by atoms with Crippen LogP contribution in [0.2, 0.25) is 5.02 Å². The number of hydrogen-bond acceptors (Lipinski definition) is 2. The first-order valence-electron chi connectivity index (χ1n) is 5.88. The molecule has 0 aliphatic carbocycles. The Labute approximate surface area is 135 Å². The van der Waals surface area contributed by atoms with Gasteiger partial charge in [-0.15, -0.1) is 11.3 Å². The zero-order chi connectivity index (χ0) is 13.8. The van der Waals surface area contributed by atoms with E-state index in [2.05, 4.69) is 22.6 Å². The van der Waals surface area contributed by atoms with Crippen molar-refractivity contribution in [2.24, 2.45) is 0 Å². The molecule has 100 valence electrons. The third kappa shape index (κ3) is 3.70. The third-order valence-electron chi connectivity index (χ3n) is 2.80. The molecule has 0 fully saturated rings. The van der Waals surface area contributed by atoms with Gasteiger partial charge in [0.25, 0.3) is 5.91 Å². The van der Waals surface area contributed by atoms with Crippen LogP contribution < -0.4 is 0 Å². The van der Waals surface area contributed by atoms with Gasteiger partial charge in [0.05, 0.1) is 8.45 Å². The molecule has 5 heteroatoms. The standard InChI is InChI=1S/C14H13ClINOS/c1-2-17(8-10-5-3-4-6-12(10)15)14(18)11-7-13(16)19-9-11/h3-7,9H,2,8H2,1H3. The lowest BCUT2D eigenvalue weighted by atomic mass is 10.2. The molecule has 0 N–H and O–H groups in total. The molecule has 2 rings (SSSR count). The second-order valence-corrected chi connectivity index (χ2v) is 7.26. The summed E-state index contributed by atoms with van der Waals surface area (Å²) in [5, 5.41) is 2.60. The number of benzene rings is 1. The van der Waals surface area contributed by atoms with Crippen LogP contribution in [0.25, 0.3) is 0 Å². The number of thiophene rings is 1. The van der Waals surface area contributed by atoms with E-state index in [-0.39, 0.29) is 5.91 Å². The van der Waals surface area contributed by atoms with Crippen molar-refractivity contribution in [3.8, 4) is 0 Å². The van der Waals surface area contributed by atoms with E-state index in [9.17, 15) is 4.79 Å². The van der Waals surface area contributed by atoms with Gasteiger partial charge in [-0.3, -0.25) is 4.79 Å². The fraction of sp³-hybridized carbons (Fsp3) is 0.214. The molecule has 2 aromatic rings. The number of hydrogen-bond donors (Lipinski definition) is 0. The number of amides is 1. The maximum Gasteiger partial charge on any atom is 0.255 e. The molecule has 0 bridgehead atoms. The van der Waals surface area contributed by atoms with Crippen LogP contribution in [-0.2, 0) is 6.54 Å². The molecule has 1 aromatic carbocycles. The van der Waals surface area contributed by atoms with Crippen LogP contribution in [0.5, 0.6) is 0 Å². The van der Waals surface area contributed by atoms with Crippen LogP contribution in [0, 0.1) is 2.88 Å². The molecule has 0 spiro atoms. The monoisotopic (exact) mass is 405 g/mol. The molecule has 0 saturated heterocycles. The van der Waals surface area contributed by atoms with Crippen LogP contribution in [0.4, 0.5) is 0 Å². The highest BCUT2D eigenvalue weighted by atomic mass is 127. The van der Waals surface area contributed by atoms with Gasteiger partial charge in [0, 0.05) is 23.5 Å². The normalized spacial score (nSPS) is 10.5. The third-order valence-corrected chi connectivity index (χ3v) is 4.96. The number of carbonyl (C=O) groups excluding carboxylic acids is 1. The van der Waals surface area contributed by atoms with E-state index in [1.54, 1.807) is 16.2 Å². The molecule has 0 aliphatic heterocycles. The van der Waals surface area contributed by atoms with Crippen LogP contribution >= 0.6 is 45.5 Å². The first-order valence-corrected chi connectivity index (χ1v) is 8.22. The molecule has 1 amide bonds. The first kappa shape index (κ1) is 14.8. The fourth-order valence-corrected chi connectivity index (χ4v) is 3.28. The van der Waals surface area contributed by atoms with E-state index in [1.807, 2.05) is 42.6 Å². The maximum atomic E-state index is 12.4. The second kappa shape index (κ2) is 6.72. The number of carbonyl (C=O) groups is 1. The van der Waals surface area contributed by atoms with Crippen LogP contribution in [0.3, 0.4) is 0 Å². The Kier molecular flexibility index (Phi) is 5.24. The Bertz CT molecular complexity index is 584. The van der Waals surface area contributed by atoms with Crippen molar-refractivity contribution in [2.75, 3.05) is 6.54 Å². The van der Waals surface area contributed by atoms with Crippen molar-refractivity contribution in [3.05, 3.63) is 54.7 Å². The molecule has 0 aliphatic rings. The van der Waals surface area contributed by atoms with Gasteiger partial charge in [-0.2, -0.15) is 0 Å². The van der Waals surface area contributed by atoms with Crippen molar-refractivity contribution in [1.29, 1.82) is 0 Å². The zero-order valence-corrected chi connectivity index (χ0v) is 14.1. The summed E-state index contributed by atoms with van der Waals surface area (Å²) in [6.45, 7) is 3.18. The minimum atomic E-state index is 0.0570. The van der Waals surface area contributed by atoms with E-state index in [1.165, 1.54) is 0 Å². The summed E-state index contributed by atoms with van der Waals surface area (Å²) in [5.74, 6) is 0.0570. The molecule has 2 nitrogen and oxygen atoms in total. The van der Waals surface area contributed by atoms with Gasteiger partial charge >= 0.3 is 0 Å². The Morgan fingerprint density at radius 1 is 1.42 bits per heavy atom. The summed E-state index contributed by atoms with van der Waals surface area (Å²) in [5.41, 5.74) is 1.73. The summed E-state index contributed by atoms with van der Waals surface area (Å²) in [4.78, 5) is 14.2. The molecule has 0 radical (unpaired) electrons. The quantitative estimate of drug-likeness (QED) is 0.677. The smallest absolute Gasteiger partial charge is 0.255 e. The van der Waals surface area contributed by atoms with Crippen molar-refractivity contribution in [1.82, 2.24) is 4.90 Å². The largest absolute Gasteiger partial charge is 0.335 e. The highest BCUT2D eigenvalue weighted by molar-refractivity contribution is 14.1. The van der Waals surface area contributed by atoms with Crippen LogP contribution in [0.1, 0.15) is 22.8 Å². The summed E-state index contributed by atoms with van der Waals surface area (Å²) >= 11 is 9.95. The van der Waals surface area contributed by atoms with Gasteiger partial charge in [0.15, 0.2) is 0 Å². The van der Waals surface area contributed by atoms with Gasteiger partial charge in [-0.25, -0.2) is 0 Å². The van der Waals surface area contributed by atoms with Gasteiger partial charge in [-0.1, -0.05) is 29.8 Å². The predicted octanol–water partition coefficient (Wildman–Crippen LogP) is 4.67. The Morgan fingerprint density at radius 2 is 2.16 bits per heavy atom. The minimum Gasteiger partial charge on any atom is -0.335 e. The molecular formula is C14H13ClINOS. The predicted molar refractivity (Wildman–Crippen MR) is 88.9 cm³/mol. The lowest BCUT2D eigenvalue weighted by Crippen LogP contribution is -2.30. The van der Waals surface area contributed by atoms with E-state index in [0.29, 0.717) is 18.1 Å². The number of nitrogens with zero attached hydrogens (tertiary/aromatic N) is 1. The number of halogens is 2. The Hall–Kier alpha value is -0.590. The highest BCUT2D eigenvalue weighted by Crippen LogP contribution is 2.21. The number of rotatable bonds is 4. The molecular weight excluding hydrogens is 393 g/mol. The van der Waals surface area contributed by atoms with Crippen molar-refractivity contribution < 1.29 is 4.79 Å². The molecule has 0 atom stereocenters. The minimum absolute atomic E-state index is 0.0570. The molecule has 1 aromatic heterocycles.